The van der Waals surface area contributed by atoms with Crippen molar-refractivity contribution in [1.82, 2.24) is 36.3 Å². The van der Waals surface area contributed by atoms with Crippen molar-refractivity contribution in [1.29, 1.82) is 0 Å². The Labute approximate surface area is 346 Å². The largest absolute Gasteiger partial charge is 0.351 e. The smallest absolute Gasteiger partial charge is 0.329 e. The van der Waals surface area contributed by atoms with Crippen molar-refractivity contribution in [2.24, 2.45) is 0 Å². The van der Waals surface area contributed by atoms with Gasteiger partial charge in [0, 0.05) is 44.9 Å². The first-order valence-electron chi connectivity index (χ1n) is 20.0. The van der Waals surface area contributed by atoms with Gasteiger partial charge < -0.3 is 30.3 Å². The molecule has 59 heavy (non-hydrogen) atoms. The molecule has 1 aromatic heterocycles. The molecule has 13 nitrogen and oxygen atoms in total. The molecule has 0 bridgehead atoms. The van der Waals surface area contributed by atoms with Gasteiger partial charge in [-0.1, -0.05) is 115 Å². The van der Waals surface area contributed by atoms with Crippen LogP contribution < -0.4 is 21.4 Å². The van der Waals surface area contributed by atoms with Crippen LogP contribution in [-0.2, 0) is 35.9 Å². The fourth-order valence-electron chi connectivity index (χ4n) is 7.20. The molecule has 5 rings (SSSR count). The van der Waals surface area contributed by atoms with Gasteiger partial charge in [-0.15, -0.1) is 0 Å². The summed E-state index contributed by atoms with van der Waals surface area (Å²) in [4.78, 5) is 62.3. The van der Waals surface area contributed by atoms with Gasteiger partial charge in [0.15, 0.2) is 6.29 Å². The number of fused-ring (bicyclic) bond motifs is 1. The van der Waals surface area contributed by atoms with Crippen LogP contribution in [0.5, 0.6) is 0 Å². The number of nitrogens with one attached hydrogen (secondary N) is 4. The van der Waals surface area contributed by atoms with Crippen molar-refractivity contribution in [3.05, 3.63) is 150 Å². The molecule has 4 N–H and O–H groups in total. The summed E-state index contributed by atoms with van der Waals surface area (Å²) in [5.41, 5.74) is 5.26. The third-order valence-corrected chi connectivity index (χ3v) is 9.87. The average Bonchev–Trinajstić information content (AvgIpc) is 3.25. The van der Waals surface area contributed by atoms with Crippen LogP contribution in [0.2, 0.25) is 0 Å². The van der Waals surface area contributed by atoms with Gasteiger partial charge in [0.25, 0.3) is 0 Å². The zero-order chi connectivity index (χ0) is 42.2. The van der Waals surface area contributed by atoms with Gasteiger partial charge in [0.2, 0.25) is 17.7 Å². The van der Waals surface area contributed by atoms with Crippen LogP contribution >= 0.6 is 0 Å². The van der Waals surface area contributed by atoms with Gasteiger partial charge in [0.1, 0.15) is 11.6 Å². The van der Waals surface area contributed by atoms with Crippen LogP contribution in [-0.4, -0.2) is 90.4 Å². The topological polar surface area (TPSA) is 154 Å². The Morgan fingerprint density at radius 1 is 0.729 bits per heavy atom. The molecular weight excluding hydrogens is 747 g/mol. The summed E-state index contributed by atoms with van der Waals surface area (Å²) < 4.78 is 12.0. The zero-order valence-electron chi connectivity index (χ0n) is 34.4. The number of pyridine rings is 1. The third-order valence-electron chi connectivity index (χ3n) is 9.87. The Balaban J connectivity index is 1.58. The fourth-order valence-corrected chi connectivity index (χ4v) is 7.20. The quantitative estimate of drug-likeness (QED) is 0.0458. The van der Waals surface area contributed by atoms with E-state index in [4.69, 9.17) is 9.47 Å². The molecule has 0 fully saturated rings. The summed E-state index contributed by atoms with van der Waals surface area (Å²) >= 11 is 0. The molecule has 0 aliphatic carbocycles. The predicted octanol–water partition coefficient (Wildman–Crippen LogP) is 5.50. The standard InChI is InChI=1S/C46H55N7O6/c1-6-47-45(57)51-52(5)32-41(55)49-39(43(56)53(33(4)44(58-7-2)59-8-3)31-35-21-18-20-34-22-19-29-48-42(34)35)30-40(54)50-46(36-23-12-9-13-24-36,37-25-14-10-15-26-37)38-27-16-11-17-28-38/h9-29,33,39,44H,6-8,30-32H2,1-5H3,(H,49,55)(H,50,54)(H2,47,51,57). The van der Waals surface area contributed by atoms with E-state index in [0.29, 0.717) is 25.3 Å². The number of para-hydroxylation sites is 1. The molecular formula is C46H55N7O6. The van der Waals surface area contributed by atoms with Crippen LogP contribution in [0.15, 0.2) is 128 Å². The molecule has 4 aromatic carbocycles. The second-order valence-electron chi connectivity index (χ2n) is 14.0. The summed E-state index contributed by atoms with van der Waals surface area (Å²) in [6.45, 7) is 8.07. The number of urea groups is 1. The number of carbonyl (C=O) groups is 4. The summed E-state index contributed by atoms with van der Waals surface area (Å²) in [5, 5.41) is 11.0. The van der Waals surface area contributed by atoms with Gasteiger partial charge in [-0.25, -0.2) is 9.80 Å². The summed E-state index contributed by atoms with van der Waals surface area (Å²) in [7, 11) is 1.53. The maximum Gasteiger partial charge on any atom is 0.329 e. The van der Waals surface area contributed by atoms with E-state index < -0.39 is 54.1 Å². The van der Waals surface area contributed by atoms with Gasteiger partial charge in [-0.2, -0.15) is 0 Å². The molecule has 0 radical (unpaired) electrons. The lowest BCUT2D eigenvalue weighted by atomic mass is 9.77. The molecule has 5 aromatic rings. The lowest BCUT2D eigenvalue weighted by molar-refractivity contribution is -0.180. The van der Waals surface area contributed by atoms with E-state index in [2.05, 4.69) is 26.4 Å². The number of carbonyl (C=O) groups excluding carboxylic acids is 4. The molecule has 13 heteroatoms. The number of nitrogens with zero attached hydrogens (tertiary/aromatic N) is 3. The molecule has 0 saturated carbocycles. The van der Waals surface area contributed by atoms with Crippen molar-refractivity contribution in [2.75, 3.05) is 33.4 Å². The molecule has 1 heterocycles. The zero-order valence-corrected chi connectivity index (χ0v) is 34.4. The Kier molecular flexibility index (Phi) is 16.1. The van der Waals surface area contributed by atoms with Crippen molar-refractivity contribution in [2.45, 2.75) is 64.6 Å². The molecule has 0 saturated heterocycles. The minimum Gasteiger partial charge on any atom is -0.351 e. The second kappa shape index (κ2) is 21.6. The number of amides is 5. The second-order valence-corrected chi connectivity index (χ2v) is 14.0. The lowest BCUT2D eigenvalue weighted by Crippen LogP contribution is -2.58. The van der Waals surface area contributed by atoms with Crippen LogP contribution in [0, 0.1) is 0 Å². The maximum atomic E-state index is 15.2. The minimum absolute atomic E-state index is 0.0691. The highest BCUT2D eigenvalue weighted by Crippen LogP contribution is 2.37. The molecule has 2 unspecified atom stereocenters. The highest BCUT2D eigenvalue weighted by atomic mass is 16.7. The first-order chi connectivity index (χ1) is 28.6. The van der Waals surface area contributed by atoms with Crippen LogP contribution in [0.25, 0.3) is 10.9 Å². The van der Waals surface area contributed by atoms with E-state index in [1.165, 1.54) is 12.1 Å². The molecule has 0 aliphatic heterocycles. The van der Waals surface area contributed by atoms with Gasteiger partial charge in [0.05, 0.1) is 24.5 Å². The first-order valence-corrected chi connectivity index (χ1v) is 20.0. The number of likely N-dealkylation sites (N-methyl/N-ethyl adjacent to an activating group) is 1. The number of hydrogen-bond acceptors (Lipinski definition) is 8. The van der Waals surface area contributed by atoms with Crippen LogP contribution in [0.1, 0.15) is 56.4 Å². The SMILES string of the molecule is CCNC(=O)NN(C)CC(=O)NC(CC(=O)NC(c1ccccc1)(c1ccccc1)c1ccccc1)C(=O)N(Cc1cccc2cccnc12)C(C)C(OCC)OCC. The number of rotatable bonds is 20. The van der Waals surface area contributed by atoms with E-state index in [0.717, 1.165) is 27.6 Å². The van der Waals surface area contributed by atoms with E-state index in [1.54, 1.807) is 18.0 Å². The monoisotopic (exact) mass is 801 g/mol. The Hall–Kier alpha value is -6.15. The third kappa shape index (κ3) is 11.3. The van der Waals surface area contributed by atoms with Crippen molar-refractivity contribution >= 4 is 34.7 Å². The number of aromatic nitrogens is 1. The van der Waals surface area contributed by atoms with Crippen molar-refractivity contribution in [3.8, 4) is 0 Å². The maximum absolute atomic E-state index is 15.2. The van der Waals surface area contributed by atoms with E-state index >= 15 is 4.79 Å². The molecule has 0 spiro atoms. The lowest BCUT2D eigenvalue weighted by Gasteiger charge is -2.38. The normalized spacial score (nSPS) is 12.5. The molecule has 2 atom stereocenters. The highest BCUT2D eigenvalue weighted by Gasteiger charge is 2.40. The van der Waals surface area contributed by atoms with Crippen LogP contribution in [0.3, 0.4) is 0 Å². The number of hydrazine groups is 1. The molecule has 0 aliphatic rings. The molecule has 5 amide bonds. The molecule has 310 valence electrons. The minimum atomic E-state index is -1.37. The van der Waals surface area contributed by atoms with Crippen molar-refractivity contribution < 1.29 is 28.7 Å². The summed E-state index contributed by atoms with van der Waals surface area (Å²) in [6.07, 6.45) is 0.440. The van der Waals surface area contributed by atoms with Gasteiger partial charge >= 0.3 is 6.03 Å². The summed E-state index contributed by atoms with van der Waals surface area (Å²) in [5.74, 6) is -1.64. The number of benzene rings is 4. The Morgan fingerprint density at radius 2 is 1.29 bits per heavy atom. The van der Waals surface area contributed by atoms with Gasteiger partial charge in [-0.05, 0) is 56.0 Å². The van der Waals surface area contributed by atoms with E-state index in [1.807, 2.05) is 142 Å². The van der Waals surface area contributed by atoms with E-state index in [-0.39, 0.29) is 13.1 Å². The van der Waals surface area contributed by atoms with E-state index in [9.17, 15) is 14.4 Å². The van der Waals surface area contributed by atoms with Gasteiger partial charge in [-0.3, -0.25) is 24.8 Å². The Bertz CT molecular complexity index is 2010. The predicted molar refractivity (Wildman–Crippen MR) is 228 cm³/mol. The Morgan fingerprint density at radius 3 is 1.83 bits per heavy atom. The van der Waals surface area contributed by atoms with Crippen LogP contribution in [0.4, 0.5) is 4.79 Å². The first kappa shape index (κ1) is 44.0. The fraction of sp³-hybridized carbons (Fsp3) is 0.326. The average molecular weight is 802 g/mol. The van der Waals surface area contributed by atoms with Crippen molar-refractivity contribution in [3.63, 3.8) is 0 Å². The highest BCUT2D eigenvalue weighted by molar-refractivity contribution is 5.93. The number of ether oxygens (including phenoxy) is 2. The summed E-state index contributed by atoms with van der Waals surface area (Å²) in [6, 6.07) is 35.9. The number of hydrogen-bond donors (Lipinski definition) is 4.